The van der Waals surface area contributed by atoms with Gasteiger partial charge in [0.05, 0.1) is 16.6 Å². The molecule has 1 aromatic carbocycles. The summed E-state index contributed by atoms with van der Waals surface area (Å²) in [5.74, 6) is -0.616. The van der Waals surface area contributed by atoms with Crippen molar-refractivity contribution in [2.45, 2.75) is 13.0 Å². The fourth-order valence-corrected chi connectivity index (χ4v) is 2.88. The van der Waals surface area contributed by atoms with E-state index in [0.29, 0.717) is 16.5 Å². The van der Waals surface area contributed by atoms with E-state index in [4.69, 9.17) is 16.9 Å². The maximum atomic E-state index is 13.5. The predicted molar refractivity (Wildman–Crippen MR) is 98.0 cm³/mol. The Morgan fingerprint density at radius 2 is 2.04 bits per heavy atom. The lowest BCUT2D eigenvalue weighted by Crippen LogP contribution is -2.26. The number of hydrogen-bond acceptors (Lipinski definition) is 4. The number of H-pyrrole nitrogens is 1. The van der Waals surface area contributed by atoms with E-state index >= 15 is 0 Å². The van der Waals surface area contributed by atoms with Crippen molar-refractivity contribution < 1.29 is 4.39 Å². The second kappa shape index (κ2) is 6.65. The van der Waals surface area contributed by atoms with Gasteiger partial charge in [-0.05, 0) is 37.3 Å². The van der Waals surface area contributed by atoms with Crippen molar-refractivity contribution in [1.82, 2.24) is 9.55 Å². The summed E-state index contributed by atoms with van der Waals surface area (Å²) in [4.78, 5) is 27.3. The van der Waals surface area contributed by atoms with Crippen LogP contribution < -0.4 is 16.4 Å². The van der Waals surface area contributed by atoms with E-state index in [1.54, 1.807) is 13.0 Å². The van der Waals surface area contributed by atoms with E-state index in [2.05, 4.69) is 10.3 Å². The number of fused-ring (bicyclic) bond motifs is 1. The van der Waals surface area contributed by atoms with Crippen LogP contribution in [-0.2, 0) is 7.05 Å². The number of halogens is 2. The second-order valence-corrected chi connectivity index (χ2v) is 6.29. The number of aromatic nitrogens is 2. The van der Waals surface area contributed by atoms with Crippen molar-refractivity contribution >= 4 is 28.2 Å². The molecule has 0 spiro atoms. The summed E-state index contributed by atoms with van der Waals surface area (Å²) in [6.45, 7) is 1.72. The second-order valence-electron chi connectivity index (χ2n) is 5.88. The van der Waals surface area contributed by atoms with Gasteiger partial charge in [-0.15, -0.1) is 0 Å². The summed E-state index contributed by atoms with van der Waals surface area (Å²) in [5.41, 5.74) is 0.417. The van der Waals surface area contributed by atoms with Crippen LogP contribution in [0.15, 0.2) is 39.9 Å². The molecule has 132 valence electrons. The van der Waals surface area contributed by atoms with E-state index in [9.17, 15) is 14.0 Å². The third kappa shape index (κ3) is 3.07. The minimum atomic E-state index is -0.616. The number of anilines is 1. The van der Waals surface area contributed by atoms with Gasteiger partial charge in [-0.3, -0.25) is 9.59 Å². The molecule has 0 aliphatic carbocycles. The summed E-state index contributed by atoms with van der Waals surface area (Å²) in [7, 11) is 1.50. The van der Waals surface area contributed by atoms with Gasteiger partial charge in [-0.1, -0.05) is 11.6 Å². The lowest BCUT2D eigenvalue weighted by Gasteiger charge is -2.16. The van der Waals surface area contributed by atoms with Gasteiger partial charge >= 0.3 is 0 Å². The Balaban J connectivity index is 2.02. The van der Waals surface area contributed by atoms with Crippen molar-refractivity contribution in [3.8, 4) is 6.07 Å². The Morgan fingerprint density at radius 3 is 2.73 bits per heavy atom. The van der Waals surface area contributed by atoms with Crippen molar-refractivity contribution in [1.29, 1.82) is 5.26 Å². The normalized spacial score (nSPS) is 12.0. The highest BCUT2D eigenvalue weighted by Crippen LogP contribution is 2.23. The predicted octanol–water partition coefficient (Wildman–Crippen LogP) is 3.06. The first kappa shape index (κ1) is 17.7. The zero-order valence-electron chi connectivity index (χ0n) is 13.9. The Hall–Kier alpha value is -3.11. The minimum Gasteiger partial charge on any atom is -0.374 e. The molecule has 2 aromatic heterocycles. The summed E-state index contributed by atoms with van der Waals surface area (Å²) in [6, 6.07) is 8.63. The summed E-state index contributed by atoms with van der Waals surface area (Å²) < 4.78 is 14.8. The van der Waals surface area contributed by atoms with Crippen LogP contribution in [0.1, 0.15) is 24.2 Å². The Labute approximate surface area is 152 Å². The van der Waals surface area contributed by atoms with Crippen LogP contribution in [0.2, 0.25) is 5.02 Å². The molecule has 1 atom stereocenters. The van der Waals surface area contributed by atoms with Crippen LogP contribution >= 0.6 is 11.6 Å². The topological polar surface area (TPSA) is 90.7 Å². The average molecular weight is 373 g/mol. The van der Waals surface area contributed by atoms with Crippen LogP contribution in [0.4, 0.5) is 10.1 Å². The first-order valence-corrected chi connectivity index (χ1v) is 8.08. The quantitative estimate of drug-likeness (QED) is 0.739. The van der Waals surface area contributed by atoms with Gasteiger partial charge in [-0.2, -0.15) is 5.26 Å². The fourth-order valence-electron chi connectivity index (χ4n) is 2.71. The number of benzene rings is 1. The summed E-state index contributed by atoms with van der Waals surface area (Å²) in [6.07, 6.45) is 0. The maximum Gasteiger partial charge on any atom is 0.274 e. The third-order valence-electron chi connectivity index (χ3n) is 4.17. The third-order valence-corrected chi connectivity index (χ3v) is 4.46. The van der Waals surface area contributed by atoms with Gasteiger partial charge in [0.15, 0.2) is 0 Å². The van der Waals surface area contributed by atoms with Gasteiger partial charge in [0.2, 0.25) is 0 Å². The van der Waals surface area contributed by atoms with E-state index in [1.807, 2.05) is 6.07 Å². The molecule has 0 radical (unpaired) electrons. The van der Waals surface area contributed by atoms with Gasteiger partial charge in [0.1, 0.15) is 23.3 Å². The molecule has 0 aliphatic rings. The van der Waals surface area contributed by atoms with Gasteiger partial charge < -0.3 is 14.9 Å². The molecule has 26 heavy (non-hydrogen) atoms. The monoisotopic (exact) mass is 372 g/mol. The fraction of sp³-hybridized carbons (Fsp3) is 0.167. The first-order valence-electron chi connectivity index (χ1n) is 7.70. The molecule has 3 rings (SSSR count). The van der Waals surface area contributed by atoms with Gasteiger partial charge in [-0.25, -0.2) is 4.39 Å². The number of nitriles is 1. The van der Waals surface area contributed by atoms with Crippen molar-refractivity contribution in [3.05, 3.63) is 73.1 Å². The molecule has 0 saturated carbocycles. The standard InChI is InChI=1S/C18H14ClFN4O2/c1-9(22-15-4-3-11(8-21)24(2)18(15)26)12-5-10-6-13(19)14(20)7-16(10)23-17(12)25/h3-7,9,22H,1-2H3,(H,23,25)/t9-/m0/s1. The molecule has 0 bridgehead atoms. The number of aromatic amines is 1. The Bertz CT molecular complexity index is 1180. The van der Waals surface area contributed by atoms with E-state index in [-0.39, 0.29) is 22.0 Å². The van der Waals surface area contributed by atoms with E-state index < -0.39 is 17.4 Å². The maximum absolute atomic E-state index is 13.5. The smallest absolute Gasteiger partial charge is 0.274 e. The average Bonchev–Trinajstić information content (AvgIpc) is 2.60. The van der Waals surface area contributed by atoms with Crippen LogP contribution in [-0.4, -0.2) is 9.55 Å². The molecular weight excluding hydrogens is 359 g/mol. The van der Waals surface area contributed by atoms with Gasteiger partial charge in [0, 0.05) is 18.0 Å². The molecule has 3 aromatic rings. The zero-order chi connectivity index (χ0) is 19.0. The Kier molecular flexibility index (Phi) is 4.53. The Morgan fingerprint density at radius 1 is 1.31 bits per heavy atom. The zero-order valence-corrected chi connectivity index (χ0v) is 14.7. The van der Waals surface area contributed by atoms with E-state index in [0.717, 1.165) is 6.07 Å². The highest BCUT2D eigenvalue weighted by atomic mass is 35.5. The molecule has 6 nitrogen and oxygen atoms in total. The van der Waals surface area contributed by atoms with Crippen LogP contribution in [0.25, 0.3) is 10.9 Å². The number of nitrogens with zero attached hydrogens (tertiary/aromatic N) is 2. The largest absolute Gasteiger partial charge is 0.374 e. The molecular formula is C18H14ClFN4O2. The van der Waals surface area contributed by atoms with Crippen molar-refractivity contribution in [2.24, 2.45) is 7.05 Å². The number of hydrogen-bond donors (Lipinski definition) is 2. The first-order chi connectivity index (χ1) is 12.3. The van der Waals surface area contributed by atoms with Crippen LogP contribution in [0, 0.1) is 17.1 Å². The molecule has 0 unspecified atom stereocenters. The number of pyridine rings is 2. The van der Waals surface area contributed by atoms with E-state index in [1.165, 1.54) is 29.8 Å². The number of nitrogens with one attached hydrogen (secondary N) is 2. The summed E-state index contributed by atoms with van der Waals surface area (Å²) >= 11 is 5.80. The highest BCUT2D eigenvalue weighted by Gasteiger charge is 2.15. The lowest BCUT2D eigenvalue weighted by molar-refractivity contribution is 0.629. The highest BCUT2D eigenvalue weighted by molar-refractivity contribution is 6.31. The molecule has 0 saturated heterocycles. The van der Waals surface area contributed by atoms with Crippen LogP contribution in [0.5, 0.6) is 0 Å². The minimum absolute atomic E-state index is 0.0444. The number of rotatable bonds is 3. The van der Waals surface area contributed by atoms with Crippen molar-refractivity contribution in [3.63, 3.8) is 0 Å². The molecule has 8 heteroatoms. The molecule has 0 amide bonds. The van der Waals surface area contributed by atoms with Crippen LogP contribution in [0.3, 0.4) is 0 Å². The SMILES string of the molecule is C[C@H](Nc1ccc(C#N)n(C)c1=O)c1cc2cc(Cl)c(F)cc2[nH]c1=O. The lowest BCUT2D eigenvalue weighted by atomic mass is 10.1. The molecule has 2 heterocycles. The molecule has 2 N–H and O–H groups in total. The van der Waals surface area contributed by atoms with Crippen molar-refractivity contribution in [2.75, 3.05) is 5.32 Å². The molecule has 0 fully saturated rings. The molecule has 0 aliphatic heterocycles. The van der Waals surface area contributed by atoms with Gasteiger partial charge in [0.25, 0.3) is 11.1 Å². The summed E-state index contributed by atoms with van der Waals surface area (Å²) in [5, 5.41) is 12.5.